The predicted molar refractivity (Wildman–Crippen MR) is 69.7 cm³/mol. The lowest BCUT2D eigenvalue weighted by atomic mass is 9.87. The maximum Gasteiger partial charge on any atom is 0.237 e. The third-order valence-electron chi connectivity index (χ3n) is 3.22. The fourth-order valence-electron chi connectivity index (χ4n) is 2.32. The van der Waals surface area contributed by atoms with Crippen LogP contribution in [-0.2, 0) is 4.79 Å². The first-order chi connectivity index (χ1) is 7.13. The van der Waals surface area contributed by atoms with Gasteiger partial charge in [-0.25, -0.2) is 0 Å². The molecule has 1 saturated carbocycles. The molecule has 3 unspecified atom stereocenters. The van der Waals surface area contributed by atoms with Crippen LogP contribution in [0.25, 0.3) is 0 Å². The molecule has 3 N–H and O–H groups in total. The van der Waals surface area contributed by atoms with Gasteiger partial charge in [0.1, 0.15) is 0 Å². The molecule has 1 rings (SSSR count). The number of halogens is 1. The number of hydrogen-bond acceptors (Lipinski definition) is 2. The molecule has 3 atom stereocenters. The van der Waals surface area contributed by atoms with Gasteiger partial charge in [0.15, 0.2) is 0 Å². The number of carbonyl (C=O) groups excluding carboxylic acids is 1. The van der Waals surface area contributed by atoms with Gasteiger partial charge in [-0.1, -0.05) is 33.1 Å². The summed E-state index contributed by atoms with van der Waals surface area (Å²) in [6, 6.07) is 0.0522. The van der Waals surface area contributed by atoms with E-state index in [0.29, 0.717) is 6.04 Å². The fourth-order valence-corrected chi connectivity index (χ4v) is 2.32. The van der Waals surface area contributed by atoms with Gasteiger partial charge >= 0.3 is 0 Å². The topological polar surface area (TPSA) is 55.1 Å². The van der Waals surface area contributed by atoms with Gasteiger partial charge in [-0.3, -0.25) is 4.79 Å². The van der Waals surface area contributed by atoms with Crippen LogP contribution in [0.5, 0.6) is 0 Å². The number of amides is 1. The highest BCUT2D eigenvalue weighted by Crippen LogP contribution is 2.23. The number of carbonyl (C=O) groups is 1. The second-order valence-corrected chi connectivity index (χ2v) is 4.87. The Morgan fingerprint density at radius 1 is 1.50 bits per heavy atom. The molecule has 1 aliphatic rings. The summed E-state index contributed by atoms with van der Waals surface area (Å²) in [6.45, 7) is 4.31. The third kappa shape index (κ3) is 5.17. The van der Waals surface area contributed by atoms with E-state index < -0.39 is 0 Å². The molecule has 0 radical (unpaired) electrons. The molecule has 1 amide bonds. The Labute approximate surface area is 105 Å². The average molecular weight is 249 g/mol. The lowest BCUT2D eigenvalue weighted by molar-refractivity contribution is -0.123. The maximum atomic E-state index is 11.7. The summed E-state index contributed by atoms with van der Waals surface area (Å²) in [4.78, 5) is 11.7. The van der Waals surface area contributed by atoms with E-state index in [1.54, 1.807) is 0 Å². The smallest absolute Gasteiger partial charge is 0.237 e. The molecular formula is C12H25ClN2O. The van der Waals surface area contributed by atoms with E-state index in [-0.39, 0.29) is 24.4 Å². The Balaban J connectivity index is 0.00000225. The van der Waals surface area contributed by atoms with Crippen LogP contribution in [0.2, 0.25) is 0 Å². The second kappa shape index (κ2) is 7.91. The van der Waals surface area contributed by atoms with Crippen LogP contribution in [0, 0.1) is 5.92 Å². The molecule has 3 nitrogen and oxygen atoms in total. The summed E-state index contributed by atoms with van der Waals surface area (Å²) < 4.78 is 0. The minimum Gasteiger partial charge on any atom is -0.352 e. The van der Waals surface area contributed by atoms with Gasteiger partial charge in [0, 0.05) is 6.04 Å². The Morgan fingerprint density at radius 3 is 2.75 bits per heavy atom. The SMILES string of the molecule is CCCC(N)C(=O)NC1CCCC(C)C1.Cl. The van der Waals surface area contributed by atoms with Crippen molar-refractivity contribution in [1.82, 2.24) is 5.32 Å². The zero-order valence-corrected chi connectivity index (χ0v) is 11.2. The normalized spacial score (nSPS) is 26.7. The Bertz CT molecular complexity index is 211. The second-order valence-electron chi connectivity index (χ2n) is 4.87. The first kappa shape index (κ1) is 15.7. The van der Waals surface area contributed by atoms with Crippen LogP contribution < -0.4 is 11.1 Å². The molecule has 16 heavy (non-hydrogen) atoms. The first-order valence-electron chi connectivity index (χ1n) is 6.19. The molecular weight excluding hydrogens is 224 g/mol. The number of nitrogens with one attached hydrogen (secondary N) is 1. The van der Waals surface area contributed by atoms with Crippen molar-refractivity contribution in [1.29, 1.82) is 0 Å². The predicted octanol–water partition coefficient (Wildman–Crippen LogP) is 2.23. The number of hydrogen-bond donors (Lipinski definition) is 2. The van der Waals surface area contributed by atoms with Crippen molar-refractivity contribution >= 4 is 18.3 Å². The lowest BCUT2D eigenvalue weighted by Crippen LogP contribution is -2.46. The van der Waals surface area contributed by atoms with Crippen LogP contribution in [0.3, 0.4) is 0 Å². The molecule has 0 saturated heterocycles. The lowest BCUT2D eigenvalue weighted by Gasteiger charge is -2.28. The molecule has 0 aromatic heterocycles. The van der Waals surface area contributed by atoms with Crippen LogP contribution in [0.4, 0.5) is 0 Å². The van der Waals surface area contributed by atoms with Crippen molar-refractivity contribution in [2.45, 2.75) is 64.5 Å². The van der Waals surface area contributed by atoms with Crippen LogP contribution in [0.1, 0.15) is 52.4 Å². The van der Waals surface area contributed by atoms with E-state index in [9.17, 15) is 4.79 Å². The Morgan fingerprint density at radius 2 is 2.19 bits per heavy atom. The van der Waals surface area contributed by atoms with Gasteiger partial charge in [0.05, 0.1) is 6.04 Å². The zero-order valence-electron chi connectivity index (χ0n) is 10.4. The van der Waals surface area contributed by atoms with Gasteiger partial charge in [-0.05, 0) is 25.2 Å². The summed E-state index contributed by atoms with van der Waals surface area (Å²) >= 11 is 0. The first-order valence-corrected chi connectivity index (χ1v) is 6.19. The monoisotopic (exact) mass is 248 g/mol. The van der Waals surface area contributed by atoms with E-state index in [1.807, 2.05) is 0 Å². The molecule has 0 bridgehead atoms. The molecule has 0 aliphatic heterocycles. The van der Waals surface area contributed by atoms with Gasteiger partial charge in [0.2, 0.25) is 5.91 Å². The molecule has 0 spiro atoms. The molecule has 0 aromatic carbocycles. The Kier molecular flexibility index (Phi) is 7.77. The van der Waals surface area contributed by atoms with Gasteiger partial charge < -0.3 is 11.1 Å². The summed E-state index contributed by atoms with van der Waals surface area (Å²) in [7, 11) is 0. The summed E-state index contributed by atoms with van der Waals surface area (Å²) in [5, 5.41) is 3.07. The van der Waals surface area contributed by atoms with Gasteiger partial charge in [-0.2, -0.15) is 0 Å². The molecule has 0 aromatic rings. The van der Waals surface area contributed by atoms with Crippen molar-refractivity contribution in [3.63, 3.8) is 0 Å². The standard InChI is InChI=1S/C12H24N2O.ClH/c1-3-5-11(13)12(15)14-10-7-4-6-9(2)8-10;/h9-11H,3-8,13H2,1-2H3,(H,14,15);1H. The third-order valence-corrected chi connectivity index (χ3v) is 3.22. The van der Waals surface area contributed by atoms with Crippen LogP contribution >= 0.6 is 12.4 Å². The average Bonchev–Trinajstić information content (AvgIpc) is 2.18. The van der Waals surface area contributed by atoms with Crippen molar-refractivity contribution in [3.05, 3.63) is 0 Å². The molecule has 1 aliphatic carbocycles. The maximum absolute atomic E-state index is 11.7. The molecule has 1 fully saturated rings. The van der Waals surface area contributed by atoms with E-state index in [0.717, 1.165) is 31.6 Å². The van der Waals surface area contributed by atoms with Gasteiger partial charge in [0.25, 0.3) is 0 Å². The summed E-state index contributed by atoms with van der Waals surface area (Å²) in [5.41, 5.74) is 5.77. The van der Waals surface area contributed by atoms with Crippen molar-refractivity contribution in [2.75, 3.05) is 0 Å². The molecule has 4 heteroatoms. The zero-order chi connectivity index (χ0) is 11.3. The van der Waals surface area contributed by atoms with Crippen LogP contribution in [0.15, 0.2) is 0 Å². The molecule has 0 heterocycles. The Hall–Kier alpha value is -0.280. The minimum atomic E-state index is -0.313. The number of rotatable bonds is 4. The highest BCUT2D eigenvalue weighted by molar-refractivity contribution is 5.85. The van der Waals surface area contributed by atoms with Crippen molar-refractivity contribution in [2.24, 2.45) is 11.7 Å². The van der Waals surface area contributed by atoms with E-state index in [2.05, 4.69) is 19.2 Å². The highest BCUT2D eigenvalue weighted by Gasteiger charge is 2.22. The number of nitrogens with two attached hydrogens (primary N) is 1. The summed E-state index contributed by atoms with van der Waals surface area (Å²) in [6.07, 6.45) is 6.52. The quantitative estimate of drug-likeness (QED) is 0.802. The van der Waals surface area contributed by atoms with E-state index in [1.165, 1.54) is 12.8 Å². The highest BCUT2D eigenvalue weighted by atomic mass is 35.5. The van der Waals surface area contributed by atoms with Crippen LogP contribution in [-0.4, -0.2) is 18.0 Å². The minimum absolute atomic E-state index is 0. The van der Waals surface area contributed by atoms with E-state index in [4.69, 9.17) is 5.73 Å². The van der Waals surface area contributed by atoms with E-state index >= 15 is 0 Å². The largest absolute Gasteiger partial charge is 0.352 e. The fraction of sp³-hybridized carbons (Fsp3) is 0.917. The van der Waals surface area contributed by atoms with Crippen molar-refractivity contribution in [3.8, 4) is 0 Å². The summed E-state index contributed by atoms with van der Waals surface area (Å²) in [5.74, 6) is 0.780. The molecule has 96 valence electrons. The van der Waals surface area contributed by atoms with Gasteiger partial charge in [-0.15, -0.1) is 12.4 Å². The van der Waals surface area contributed by atoms with Crippen molar-refractivity contribution < 1.29 is 4.79 Å².